The van der Waals surface area contributed by atoms with Crippen molar-refractivity contribution in [3.63, 3.8) is 0 Å². The molecule has 0 rings (SSSR count). The van der Waals surface area contributed by atoms with Crippen LogP contribution in [0.15, 0.2) is 12.7 Å². The number of hydrogen-bond acceptors (Lipinski definition) is 4. The highest BCUT2D eigenvalue weighted by molar-refractivity contribution is 7.99. The molecule has 0 aliphatic rings. The monoisotopic (exact) mass is 302 g/mol. The van der Waals surface area contributed by atoms with Gasteiger partial charge < -0.3 is 19.5 Å². The lowest BCUT2D eigenvalue weighted by Gasteiger charge is -2.13. The Morgan fingerprint density at radius 1 is 1.53 bits per heavy atom. The summed E-state index contributed by atoms with van der Waals surface area (Å²) in [5.74, 6) is 2.31. The van der Waals surface area contributed by atoms with Crippen LogP contribution in [-0.2, 0) is 9.47 Å². The maximum atomic E-state index is 9.27. The van der Waals surface area contributed by atoms with Crippen LogP contribution in [0.5, 0.6) is 0 Å². The first kappa shape index (κ1) is 19.5. The lowest BCUT2D eigenvalue weighted by atomic mass is 10.4. The van der Waals surface area contributed by atoms with Crippen LogP contribution in [0.3, 0.4) is 0 Å². The van der Waals surface area contributed by atoms with E-state index in [1.54, 1.807) is 6.08 Å². The molecule has 0 saturated carbocycles. The van der Waals surface area contributed by atoms with E-state index in [1.165, 1.54) is 0 Å². The number of aliphatic hydroxyl groups excluding tert-OH is 1. The van der Waals surface area contributed by atoms with Crippen molar-refractivity contribution >= 4 is 29.3 Å². The number of terminal acetylenes is 1. The molecule has 17 heavy (non-hydrogen) atoms. The summed E-state index contributed by atoms with van der Waals surface area (Å²) >= 11 is 9.32. The molecule has 0 heterocycles. The third-order valence-electron chi connectivity index (χ3n) is 1.38. The summed E-state index contributed by atoms with van der Waals surface area (Å²) in [6, 6.07) is 0. The number of rotatable bonds is 7. The predicted molar refractivity (Wildman–Crippen MR) is 72.1 cm³/mol. The summed E-state index contributed by atoms with van der Waals surface area (Å²) in [6.07, 6.45) is 5.94. The number of aliphatic hydroxyl groups is 1. The first-order valence-electron chi connectivity index (χ1n) is 4.68. The molecule has 0 fully saturated rings. The van der Waals surface area contributed by atoms with Gasteiger partial charge in [0.1, 0.15) is 12.7 Å². The zero-order chi connectivity index (χ0) is 13.7. The van der Waals surface area contributed by atoms with E-state index in [0.29, 0.717) is 0 Å². The minimum atomic E-state index is -1.68. The average molecular weight is 303 g/mol. The molecule has 0 aromatic heterocycles. The van der Waals surface area contributed by atoms with Crippen LogP contribution in [0.1, 0.15) is 6.92 Å². The second-order valence-electron chi connectivity index (χ2n) is 2.86. The molecule has 4 nitrogen and oxygen atoms in total. The summed E-state index contributed by atoms with van der Waals surface area (Å²) < 4.78 is 10.1. The van der Waals surface area contributed by atoms with Crippen LogP contribution < -0.4 is 0 Å². The van der Waals surface area contributed by atoms with E-state index in [9.17, 15) is 5.11 Å². The molecule has 0 saturated heterocycles. The molecule has 0 radical (unpaired) electrons. The van der Waals surface area contributed by atoms with Gasteiger partial charge in [0, 0.05) is 0 Å². The van der Waals surface area contributed by atoms with E-state index in [0.717, 1.165) is 0 Å². The fourth-order valence-corrected chi connectivity index (χ4v) is 0.633. The zero-order valence-electron chi connectivity index (χ0n) is 9.55. The molecule has 2 N–H and O–H groups in total. The molecule has 0 aliphatic heterocycles. The lowest BCUT2D eigenvalue weighted by molar-refractivity contribution is -0.0238. The summed E-state index contributed by atoms with van der Waals surface area (Å²) in [5, 5.41) is 9.27. The van der Waals surface area contributed by atoms with Crippen LogP contribution in [0, 0.1) is 12.3 Å². The van der Waals surface area contributed by atoms with Gasteiger partial charge in [-0.1, -0.05) is 12.0 Å². The molecule has 100 valence electrons. The first-order chi connectivity index (χ1) is 7.93. The Kier molecular flexibility index (Phi) is 16.3. The lowest BCUT2D eigenvalue weighted by Crippen LogP contribution is -2.24. The van der Waals surface area contributed by atoms with Gasteiger partial charge in [0.05, 0.1) is 19.3 Å². The van der Waals surface area contributed by atoms with Crippen molar-refractivity contribution in [1.82, 2.24) is 0 Å². The van der Waals surface area contributed by atoms with Gasteiger partial charge in [-0.2, -0.15) is 0 Å². The number of hydrogen-bond donors (Lipinski definition) is 2. The Morgan fingerprint density at radius 3 is 2.47 bits per heavy atom. The van der Waals surface area contributed by atoms with Crippen molar-refractivity contribution in [1.29, 1.82) is 0 Å². The second kappa shape index (κ2) is 14.2. The number of halogens is 2. The van der Waals surface area contributed by atoms with Crippen molar-refractivity contribution in [3.8, 4) is 12.3 Å². The fourth-order valence-electron chi connectivity index (χ4n) is 0.633. The highest BCUT2D eigenvalue weighted by atomic mass is 35.9. The maximum absolute atomic E-state index is 9.27. The van der Waals surface area contributed by atoms with Crippen LogP contribution in [0.25, 0.3) is 0 Å². The minimum absolute atomic E-state index is 0.0534. The fraction of sp³-hybridized carbons (Fsp3) is 0.600. The van der Waals surface area contributed by atoms with E-state index in [2.05, 4.69) is 35.0 Å². The molecule has 0 aromatic carbocycles. The number of ether oxygens (including phenoxy) is 2. The van der Waals surface area contributed by atoms with E-state index < -0.39 is 13.0 Å². The van der Waals surface area contributed by atoms with Crippen LogP contribution in [0.2, 0.25) is 0 Å². The molecular formula is C10H17Cl2O4P. The van der Waals surface area contributed by atoms with E-state index >= 15 is 0 Å². The van der Waals surface area contributed by atoms with E-state index in [4.69, 9.17) is 20.8 Å². The molecule has 0 aromatic rings. The molecule has 2 atom stereocenters. The highest BCUT2D eigenvalue weighted by Gasteiger charge is 2.05. The van der Waals surface area contributed by atoms with Crippen molar-refractivity contribution in [2.75, 3.05) is 19.8 Å². The maximum Gasteiger partial charge on any atom is 0.222 e. The van der Waals surface area contributed by atoms with Crippen molar-refractivity contribution in [2.45, 2.75) is 19.1 Å². The molecule has 0 spiro atoms. The van der Waals surface area contributed by atoms with Crippen LogP contribution in [0.4, 0.5) is 0 Å². The topological polar surface area (TPSA) is 58.9 Å². The molecule has 7 heteroatoms. The van der Waals surface area contributed by atoms with Gasteiger partial charge >= 0.3 is 0 Å². The molecule has 0 bridgehead atoms. The molecular weight excluding hydrogens is 286 g/mol. The van der Waals surface area contributed by atoms with Gasteiger partial charge in [0.15, 0.2) is 0 Å². The van der Waals surface area contributed by atoms with Crippen LogP contribution in [-0.4, -0.2) is 42.0 Å². The van der Waals surface area contributed by atoms with Crippen LogP contribution >= 0.6 is 29.3 Å². The molecule has 0 amide bonds. The smallest absolute Gasteiger partial charge is 0.222 e. The molecule has 0 aliphatic carbocycles. The summed E-state index contributed by atoms with van der Waals surface area (Å²) in [4.78, 5) is 7.65. The van der Waals surface area contributed by atoms with Gasteiger partial charge in [-0.25, -0.2) is 0 Å². The Bertz CT molecular complexity index is 218. The third-order valence-corrected chi connectivity index (χ3v) is 1.38. The average Bonchev–Trinajstić information content (AvgIpc) is 2.25. The largest absolute Gasteiger partial charge is 0.388 e. The minimum Gasteiger partial charge on any atom is -0.388 e. The van der Waals surface area contributed by atoms with E-state index in [1.807, 2.05) is 6.92 Å². The van der Waals surface area contributed by atoms with Crippen molar-refractivity contribution in [3.05, 3.63) is 12.7 Å². The van der Waals surface area contributed by atoms with Gasteiger partial charge in [-0.15, -0.1) is 13.0 Å². The Hall–Kier alpha value is 0.150. The zero-order valence-corrected chi connectivity index (χ0v) is 12.0. The van der Waals surface area contributed by atoms with E-state index in [-0.39, 0.29) is 25.9 Å². The normalized spacial score (nSPS) is 13.2. The SMILES string of the molecule is C#CCOCC(O)COC(C)C=C.OP(Cl)Cl. The standard InChI is InChI=1S/C10H16O3.Cl2HOP/c1-4-6-12-7-10(11)8-13-9(3)5-2;1-4(2)3/h1,5,9-11H,2,6-8H2,3H3;3H. The second-order valence-corrected chi connectivity index (χ2v) is 5.73. The van der Waals surface area contributed by atoms with Gasteiger partial charge in [0.25, 0.3) is 0 Å². The Balaban J connectivity index is 0. The molecule has 2 unspecified atom stereocenters. The predicted octanol–water partition coefficient (Wildman–Crippen LogP) is 2.27. The summed E-state index contributed by atoms with van der Waals surface area (Å²) in [5.41, 5.74) is 0. The van der Waals surface area contributed by atoms with Crippen molar-refractivity contribution < 1.29 is 19.5 Å². The summed E-state index contributed by atoms with van der Waals surface area (Å²) in [7, 11) is 0. The highest BCUT2D eigenvalue weighted by Crippen LogP contribution is 2.40. The Morgan fingerprint density at radius 2 is 2.06 bits per heavy atom. The Labute approximate surface area is 113 Å². The van der Waals surface area contributed by atoms with Gasteiger partial charge in [0.2, 0.25) is 6.85 Å². The third kappa shape index (κ3) is 21.9. The van der Waals surface area contributed by atoms with Gasteiger partial charge in [-0.05, 0) is 29.4 Å². The summed E-state index contributed by atoms with van der Waals surface area (Å²) in [6.45, 7) is 4.38. The quantitative estimate of drug-likeness (QED) is 0.328. The van der Waals surface area contributed by atoms with Gasteiger partial charge in [-0.3, -0.25) is 0 Å². The first-order valence-corrected chi connectivity index (χ1v) is 7.78. The van der Waals surface area contributed by atoms with Crippen molar-refractivity contribution in [2.24, 2.45) is 0 Å².